The second kappa shape index (κ2) is 5.25. The number of pyridine rings is 1. The molecular weight excluding hydrogens is 252 g/mol. The number of carbonyl (C=O) groups is 1. The van der Waals surface area contributed by atoms with Crippen molar-refractivity contribution in [3.8, 4) is 17.6 Å². The molecule has 0 aliphatic carbocycles. The number of aromatic nitrogens is 3. The highest BCUT2D eigenvalue weighted by Gasteiger charge is 2.24. The summed E-state index contributed by atoms with van der Waals surface area (Å²) in [6.45, 7) is 0.855. The molecule has 5 heteroatoms. The molecule has 1 aliphatic rings. The maximum atomic E-state index is 12.0. The van der Waals surface area contributed by atoms with Gasteiger partial charge in [-0.05, 0) is 31.4 Å². The summed E-state index contributed by atoms with van der Waals surface area (Å²) in [7, 11) is 0. The largest absolute Gasteiger partial charge is 0.326 e. The lowest BCUT2D eigenvalue weighted by Crippen LogP contribution is -2.13. The zero-order valence-corrected chi connectivity index (χ0v) is 11.0. The number of fused-ring (bicyclic) bond motifs is 1. The molecule has 3 rings (SSSR count). The van der Waals surface area contributed by atoms with Crippen LogP contribution in [0.1, 0.15) is 35.4 Å². The van der Waals surface area contributed by atoms with Crippen LogP contribution in [0.4, 0.5) is 0 Å². The molecule has 1 aliphatic heterocycles. The van der Waals surface area contributed by atoms with Gasteiger partial charge in [0.05, 0.1) is 6.07 Å². The number of imidazole rings is 1. The SMILES string of the molecule is N#CCC(=O)c1nc(-c2ccccn2)n2c1CCCC2. The van der Waals surface area contributed by atoms with Crippen LogP contribution in [0.3, 0.4) is 0 Å². The Balaban J connectivity index is 2.12. The molecule has 2 aromatic heterocycles. The van der Waals surface area contributed by atoms with Crippen molar-refractivity contribution in [2.45, 2.75) is 32.2 Å². The molecule has 3 heterocycles. The zero-order chi connectivity index (χ0) is 13.9. The molecule has 5 nitrogen and oxygen atoms in total. The Labute approximate surface area is 116 Å². The van der Waals surface area contributed by atoms with Gasteiger partial charge in [-0.25, -0.2) is 4.98 Å². The molecule has 0 saturated heterocycles. The summed E-state index contributed by atoms with van der Waals surface area (Å²) in [6.07, 6.45) is 4.57. The van der Waals surface area contributed by atoms with Crippen molar-refractivity contribution in [3.05, 3.63) is 35.8 Å². The molecule has 0 aromatic carbocycles. The van der Waals surface area contributed by atoms with Crippen molar-refractivity contribution in [3.63, 3.8) is 0 Å². The van der Waals surface area contributed by atoms with Gasteiger partial charge in [0.2, 0.25) is 0 Å². The summed E-state index contributed by atoms with van der Waals surface area (Å²) in [5, 5.41) is 8.71. The van der Waals surface area contributed by atoms with E-state index in [9.17, 15) is 4.79 Å². The molecule has 0 bridgehead atoms. The quantitative estimate of drug-likeness (QED) is 0.799. The monoisotopic (exact) mass is 266 g/mol. The lowest BCUT2D eigenvalue weighted by molar-refractivity contribution is 0.0992. The summed E-state index contributed by atoms with van der Waals surface area (Å²) < 4.78 is 2.08. The molecule has 0 N–H and O–H groups in total. The number of hydrogen-bond donors (Lipinski definition) is 0. The van der Waals surface area contributed by atoms with E-state index in [1.54, 1.807) is 6.20 Å². The molecule has 0 radical (unpaired) electrons. The Bertz CT molecular complexity index is 682. The number of nitriles is 1. The molecule has 0 amide bonds. The lowest BCUT2D eigenvalue weighted by atomic mass is 10.1. The second-order valence-electron chi connectivity index (χ2n) is 4.81. The first-order valence-electron chi connectivity index (χ1n) is 6.72. The van der Waals surface area contributed by atoms with Crippen LogP contribution in [-0.2, 0) is 13.0 Å². The van der Waals surface area contributed by atoms with Crippen molar-refractivity contribution < 1.29 is 4.79 Å². The van der Waals surface area contributed by atoms with E-state index < -0.39 is 0 Å². The van der Waals surface area contributed by atoms with E-state index in [1.165, 1.54) is 0 Å². The Morgan fingerprint density at radius 2 is 2.30 bits per heavy atom. The molecule has 0 fully saturated rings. The highest BCUT2D eigenvalue weighted by molar-refractivity contribution is 5.97. The van der Waals surface area contributed by atoms with Gasteiger partial charge in [-0.2, -0.15) is 5.26 Å². The predicted molar refractivity (Wildman–Crippen MR) is 73.0 cm³/mol. The summed E-state index contributed by atoms with van der Waals surface area (Å²) in [5.41, 5.74) is 2.18. The predicted octanol–water partition coefficient (Wildman–Crippen LogP) is 2.38. The van der Waals surface area contributed by atoms with Gasteiger partial charge in [0, 0.05) is 18.4 Å². The van der Waals surface area contributed by atoms with Gasteiger partial charge >= 0.3 is 0 Å². The first-order valence-corrected chi connectivity index (χ1v) is 6.72. The first kappa shape index (κ1) is 12.5. The summed E-state index contributed by atoms with van der Waals surface area (Å²) >= 11 is 0. The van der Waals surface area contributed by atoms with Crippen molar-refractivity contribution in [2.75, 3.05) is 0 Å². The molecule has 0 spiro atoms. The number of nitrogens with zero attached hydrogens (tertiary/aromatic N) is 4. The molecule has 0 saturated carbocycles. The van der Waals surface area contributed by atoms with Crippen LogP contribution in [0, 0.1) is 11.3 Å². The van der Waals surface area contributed by atoms with Gasteiger partial charge in [0.1, 0.15) is 17.8 Å². The third-order valence-electron chi connectivity index (χ3n) is 3.52. The van der Waals surface area contributed by atoms with Gasteiger partial charge < -0.3 is 4.57 Å². The third kappa shape index (κ3) is 2.10. The number of rotatable bonds is 3. The first-order chi connectivity index (χ1) is 9.81. The molecule has 2 aromatic rings. The fourth-order valence-electron chi connectivity index (χ4n) is 2.61. The number of Topliss-reactive ketones (excluding diaryl/α,β-unsaturated/α-hetero) is 1. The number of carbonyl (C=O) groups excluding carboxylic acids is 1. The minimum Gasteiger partial charge on any atom is -0.326 e. The lowest BCUT2D eigenvalue weighted by Gasteiger charge is -2.16. The standard InChI is InChI=1S/C15H14N4O/c16-8-7-13(20)14-12-6-2-4-10-19(12)15(18-14)11-5-1-3-9-17-11/h1,3,5,9H,2,4,6-7,10H2. The normalized spacial score (nSPS) is 13.6. The highest BCUT2D eigenvalue weighted by atomic mass is 16.1. The van der Waals surface area contributed by atoms with E-state index in [1.807, 2.05) is 24.3 Å². The van der Waals surface area contributed by atoms with Crippen LogP contribution in [0.25, 0.3) is 11.5 Å². The summed E-state index contributed by atoms with van der Waals surface area (Å²) in [6, 6.07) is 7.56. The van der Waals surface area contributed by atoms with Crippen molar-refractivity contribution in [2.24, 2.45) is 0 Å². The van der Waals surface area contributed by atoms with Gasteiger partial charge in [-0.15, -0.1) is 0 Å². The molecule has 100 valence electrons. The Kier molecular flexibility index (Phi) is 3.30. The van der Waals surface area contributed by atoms with Crippen LogP contribution in [0.5, 0.6) is 0 Å². The average molecular weight is 266 g/mol. The van der Waals surface area contributed by atoms with Gasteiger partial charge in [0.15, 0.2) is 11.6 Å². The summed E-state index contributed by atoms with van der Waals surface area (Å²) in [5.74, 6) is 0.543. The van der Waals surface area contributed by atoms with E-state index in [0.29, 0.717) is 5.69 Å². The summed E-state index contributed by atoms with van der Waals surface area (Å²) in [4.78, 5) is 20.8. The van der Waals surface area contributed by atoms with Crippen LogP contribution in [0.15, 0.2) is 24.4 Å². The van der Waals surface area contributed by atoms with Gasteiger partial charge in [0.25, 0.3) is 0 Å². The average Bonchev–Trinajstić information content (AvgIpc) is 2.88. The molecule has 0 atom stereocenters. The minimum absolute atomic E-state index is 0.119. The highest BCUT2D eigenvalue weighted by Crippen LogP contribution is 2.27. The molecular formula is C15H14N4O. The fraction of sp³-hybridized carbons (Fsp3) is 0.333. The maximum Gasteiger partial charge on any atom is 0.197 e. The van der Waals surface area contributed by atoms with E-state index in [4.69, 9.17) is 5.26 Å². The second-order valence-corrected chi connectivity index (χ2v) is 4.81. The maximum absolute atomic E-state index is 12.0. The van der Waals surface area contributed by atoms with Crippen molar-refractivity contribution in [1.29, 1.82) is 5.26 Å². The van der Waals surface area contributed by atoms with Crippen LogP contribution in [-0.4, -0.2) is 20.3 Å². The van der Waals surface area contributed by atoms with E-state index >= 15 is 0 Å². The van der Waals surface area contributed by atoms with Crippen LogP contribution in [0.2, 0.25) is 0 Å². The van der Waals surface area contributed by atoms with Gasteiger partial charge in [-0.3, -0.25) is 9.78 Å². The Morgan fingerprint density at radius 3 is 3.05 bits per heavy atom. The van der Waals surface area contributed by atoms with Gasteiger partial charge in [-0.1, -0.05) is 6.07 Å². The van der Waals surface area contributed by atoms with Crippen molar-refractivity contribution >= 4 is 5.78 Å². The minimum atomic E-state index is -0.194. The topological polar surface area (TPSA) is 71.6 Å². The number of ketones is 1. The molecule has 20 heavy (non-hydrogen) atoms. The van der Waals surface area contributed by atoms with E-state index in [2.05, 4.69) is 14.5 Å². The third-order valence-corrected chi connectivity index (χ3v) is 3.52. The zero-order valence-electron chi connectivity index (χ0n) is 11.0. The van der Waals surface area contributed by atoms with Crippen LogP contribution >= 0.6 is 0 Å². The van der Waals surface area contributed by atoms with E-state index in [0.717, 1.165) is 43.0 Å². The smallest absolute Gasteiger partial charge is 0.197 e. The van der Waals surface area contributed by atoms with E-state index in [-0.39, 0.29) is 12.2 Å². The Morgan fingerprint density at radius 1 is 1.40 bits per heavy atom. The fourth-order valence-corrected chi connectivity index (χ4v) is 2.61. The molecule has 0 unspecified atom stereocenters. The Hall–Kier alpha value is -2.48. The van der Waals surface area contributed by atoms with Crippen molar-refractivity contribution in [1.82, 2.24) is 14.5 Å². The number of hydrogen-bond acceptors (Lipinski definition) is 4. The van der Waals surface area contributed by atoms with Crippen LogP contribution < -0.4 is 0 Å².